The summed E-state index contributed by atoms with van der Waals surface area (Å²) < 4.78 is 26.5. The number of nitrogens with two attached hydrogens (primary N) is 1. The van der Waals surface area contributed by atoms with Gasteiger partial charge in [0.25, 0.3) is 0 Å². The molecule has 1 aromatic rings. The van der Waals surface area contributed by atoms with E-state index in [4.69, 9.17) is 5.73 Å². The van der Waals surface area contributed by atoms with Crippen molar-refractivity contribution in [2.75, 3.05) is 25.4 Å². The van der Waals surface area contributed by atoms with Crippen molar-refractivity contribution >= 4 is 11.8 Å². The quantitative estimate of drug-likeness (QED) is 0.916. The van der Waals surface area contributed by atoms with Crippen molar-refractivity contribution in [3.8, 4) is 0 Å². The lowest BCUT2D eigenvalue weighted by Gasteiger charge is -2.36. The normalized spacial score (nSPS) is 23.0. The Labute approximate surface area is 111 Å². The summed E-state index contributed by atoms with van der Waals surface area (Å²) in [6.07, 6.45) is 0. The Hall–Kier alpha value is -0.650. The lowest BCUT2D eigenvalue weighted by atomic mass is 10.0. The average molecular weight is 272 g/mol. The van der Waals surface area contributed by atoms with Crippen LogP contribution in [0.25, 0.3) is 0 Å². The van der Waals surface area contributed by atoms with Crippen LogP contribution in [0.5, 0.6) is 0 Å². The van der Waals surface area contributed by atoms with E-state index in [9.17, 15) is 8.78 Å². The maximum atomic E-state index is 13.3. The van der Waals surface area contributed by atoms with Crippen LogP contribution in [0, 0.1) is 11.6 Å². The SMILES string of the molecule is CC1CN(C(CN)c2cc(F)cc(F)c2)CCS1. The Balaban J connectivity index is 2.21. The van der Waals surface area contributed by atoms with Gasteiger partial charge in [0.15, 0.2) is 0 Å². The zero-order chi connectivity index (χ0) is 13.1. The van der Waals surface area contributed by atoms with Gasteiger partial charge in [-0.1, -0.05) is 6.92 Å². The van der Waals surface area contributed by atoms with Crippen molar-refractivity contribution in [1.29, 1.82) is 0 Å². The maximum Gasteiger partial charge on any atom is 0.126 e. The summed E-state index contributed by atoms with van der Waals surface area (Å²) >= 11 is 1.92. The van der Waals surface area contributed by atoms with E-state index in [1.807, 2.05) is 11.8 Å². The molecule has 2 unspecified atom stereocenters. The average Bonchev–Trinajstić information content (AvgIpc) is 2.28. The van der Waals surface area contributed by atoms with Crippen molar-refractivity contribution in [2.45, 2.75) is 18.2 Å². The van der Waals surface area contributed by atoms with Gasteiger partial charge >= 0.3 is 0 Å². The summed E-state index contributed by atoms with van der Waals surface area (Å²) in [4.78, 5) is 2.22. The number of hydrogen-bond donors (Lipinski definition) is 1. The predicted octanol–water partition coefficient (Wildman–Crippen LogP) is 2.40. The first kappa shape index (κ1) is 13.8. The first-order valence-corrected chi connectivity index (χ1v) is 7.16. The van der Waals surface area contributed by atoms with Gasteiger partial charge in [0, 0.05) is 42.7 Å². The minimum Gasteiger partial charge on any atom is -0.329 e. The fourth-order valence-electron chi connectivity index (χ4n) is 2.39. The first-order chi connectivity index (χ1) is 8.60. The van der Waals surface area contributed by atoms with Gasteiger partial charge in [-0.05, 0) is 17.7 Å². The first-order valence-electron chi connectivity index (χ1n) is 6.12. The molecule has 1 saturated heterocycles. The number of rotatable bonds is 3. The highest BCUT2D eigenvalue weighted by atomic mass is 32.2. The molecular weight excluding hydrogens is 254 g/mol. The molecule has 1 heterocycles. The summed E-state index contributed by atoms with van der Waals surface area (Å²) in [7, 11) is 0. The monoisotopic (exact) mass is 272 g/mol. The van der Waals surface area contributed by atoms with Gasteiger partial charge in [-0.3, -0.25) is 4.90 Å². The molecule has 5 heteroatoms. The van der Waals surface area contributed by atoms with Crippen LogP contribution in [0.15, 0.2) is 18.2 Å². The van der Waals surface area contributed by atoms with Gasteiger partial charge in [-0.2, -0.15) is 11.8 Å². The van der Waals surface area contributed by atoms with E-state index in [2.05, 4.69) is 11.8 Å². The molecule has 2 rings (SSSR count). The molecule has 0 amide bonds. The predicted molar refractivity (Wildman–Crippen MR) is 71.6 cm³/mol. The molecule has 2 N–H and O–H groups in total. The van der Waals surface area contributed by atoms with Crippen LogP contribution in [0.2, 0.25) is 0 Å². The number of thioether (sulfide) groups is 1. The zero-order valence-corrected chi connectivity index (χ0v) is 11.2. The largest absolute Gasteiger partial charge is 0.329 e. The molecule has 0 bridgehead atoms. The van der Waals surface area contributed by atoms with Crippen molar-refractivity contribution in [3.63, 3.8) is 0 Å². The summed E-state index contributed by atoms with van der Waals surface area (Å²) in [6, 6.07) is 3.56. The van der Waals surface area contributed by atoms with Crippen LogP contribution in [-0.4, -0.2) is 35.5 Å². The van der Waals surface area contributed by atoms with Crippen molar-refractivity contribution in [2.24, 2.45) is 5.73 Å². The molecule has 2 nitrogen and oxygen atoms in total. The molecule has 1 aliphatic heterocycles. The van der Waals surface area contributed by atoms with Crippen LogP contribution in [-0.2, 0) is 0 Å². The van der Waals surface area contributed by atoms with E-state index in [1.165, 1.54) is 12.1 Å². The van der Waals surface area contributed by atoms with Crippen LogP contribution in [0.1, 0.15) is 18.5 Å². The van der Waals surface area contributed by atoms with E-state index < -0.39 is 11.6 Å². The standard InChI is InChI=1S/C13H18F2N2S/c1-9-8-17(2-3-18-9)13(7-16)10-4-11(14)6-12(15)5-10/h4-6,9,13H,2-3,7-8,16H2,1H3. The Morgan fingerprint density at radius 2 is 2.06 bits per heavy atom. The summed E-state index contributed by atoms with van der Waals surface area (Å²) in [5.41, 5.74) is 6.42. The third-order valence-corrected chi connectivity index (χ3v) is 4.34. The molecule has 2 atom stereocenters. The van der Waals surface area contributed by atoms with Crippen LogP contribution in [0.3, 0.4) is 0 Å². The summed E-state index contributed by atoms with van der Waals surface area (Å²) in [5, 5.41) is 0.534. The number of halogens is 2. The molecule has 1 aliphatic rings. The molecule has 0 saturated carbocycles. The molecule has 0 spiro atoms. The van der Waals surface area contributed by atoms with Gasteiger partial charge in [-0.15, -0.1) is 0 Å². The van der Waals surface area contributed by atoms with Gasteiger partial charge in [0.05, 0.1) is 0 Å². The minimum absolute atomic E-state index is 0.0986. The van der Waals surface area contributed by atoms with Gasteiger partial charge in [0.2, 0.25) is 0 Å². The Kier molecular flexibility index (Phi) is 4.59. The second-order valence-electron chi connectivity index (χ2n) is 4.63. The maximum absolute atomic E-state index is 13.3. The Morgan fingerprint density at radius 1 is 1.39 bits per heavy atom. The second-order valence-corrected chi connectivity index (χ2v) is 6.18. The summed E-state index contributed by atoms with van der Waals surface area (Å²) in [5.74, 6) is -0.0408. The molecule has 0 aromatic heterocycles. The van der Waals surface area contributed by atoms with Crippen molar-refractivity contribution in [1.82, 2.24) is 4.90 Å². The third-order valence-electron chi connectivity index (χ3n) is 3.21. The highest BCUT2D eigenvalue weighted by Gasteiger charge is 2.25. The molecule has 0 aliphatic carbocycles. The van der Waals surface area contributed by atoms with E-state index in [0.717, 1.165) is 24.9 Å². The fraction of sp³-hybridized carbons (Fsp3) is 0.538. The van der Waals surface area contributed by atoms with Gasteiger partial charge < -0.3 is 5.73 Å². The molecule has 0 radical (unpaired) electrons. The topological polar surface area (TPSA) is 29.3 Å². The smallest absolute Gasteiger partial charge is 0.126 e. The van der Waals surface area contributed by atoms with Gasteiger partial charge in [0.1, 0.15) is 11.6 Å². The van der Waals surface area contributed by atoms with Crippen molar-refractivity contribution in [3.05, 3.63) is 35.4 Å². The number of benzene rings is 1. The van der Waals surface area contributed by atoms with Crippen LogP contribution in [0.4, 0.5) is 8.78 Å². The minimum atomic E-state index is -0.539. The van der Waals surface area contributed by atoms with E-state index in [1.54, 1.807) is 0 Å². The Morgan fingerprint density at radius 3 is 2.61 bits per heavy atom. The van der Waals surface area contributed by atoms with E-state index in [0.29, 0.717) is 17.4 Å². The lowest BCUT2D eigenvalue weighted by molar-refractivity contribution is 0.210. The summed E-state index contributed by atoms with van der Waals surface area (Å²) in [6.45, 7) is 4.36. The number of hydrogen-bond acceptors (Lipinski definition) is 3. The number of nitrogens with zero attached hydrogens (tertiary/aromatic N) is 1. The highest BCUT2D eigenvalue weighted by Crippen LogP contribution is 2.27. The van der Waals surface area contributed by atoms with Crippen molar-refractivity contribution < 1.29 is 8.78 Å². The second kappa shape index (κ2) is 5.99. The van der Waals surface area contributed by atoms with Crippen LogP contribution < -0.4 is 5.73 Å². The Bertz CT molecular complexity index is 394. The fourth-order valence-corrected chi connectivity index (χ4v) is 3.43. The lowest BCUT2D eigenvalue weighted by Crippen LogP contribution is -2.42. The molecule has 100 valence electrons. The third kappa shape index (κ3) is 3.22. The van der Waals surface area contributed by atoms with E-state index in [-0.39, 0.29) is 6.04 Å². The molecule has 1 fully saturated rings. The van der Waals surface area contributed by atoms with E-state index >= 15 is 0 Å². The molecule has 1 aromatic carbocycles. The van der Waals surface area contributed by atoms with Gasteiger partial charge in [-0.25, -0.2) is 8.78 Å². The molecular formula is C13H18F2N2S. The highest BCUT2D eigenvalue weighted by molar-refractivity contribution is 7.99. The zero-order valence-electron chi connectivity index (χ0n) is 10.4. The van der Waals surface area contributed by atoms with Crippen LogP contribution >= 0.6 is 11.8 Å². The molecule has 18 heavy (non-hydrogen) atoms.